The molecule has 0 saturated carbocycles. The number of aliphatic hydroxyl groups excluding tert-OH is 1. The summed E-state index contributed by atoms with van der Waals surface area (Å²) in [6, 6.07) is 13.0. The minimum absolute atomic E-state index is 0.130. The Balaban J connectivity index is 1.71. The summed E-state index contributed by atoms with van der Waals surface area (Å²) in [5.41, 5.74) is 2.60. The van der Waals surface area contributed by atoms with E-state index in [-0.39, 0.29) is 11.9 Å². The molecule has 0 spiro atoms. The van der Waals surface area contributed by atoms with E-state index in [2.05, 4.69) is 10.2 Å². The van der Waals surface area contributed by atoms with Crippen molar-refractivity contribution in [2.75, 3.05) is 18.4 Å². The number of nitrogens with one attached hydrogen (secondary N) is 1. The average molecular weight is 380 g/mol. The maximum Gasteiger partial charge on any atom is 0.255 e. The van der Waals surface area contributed by atoms with Gasteiger partial charge in [0, 0.05) is 16.8 Å². The van der Waals surface area contributed by atoms with Gasteiger partial charge in [-0.25, -0.2) is 0 Å². The summed E-state index contributed by atoms with van der Waals surface area (Å²) in [7, 11) is 0. The van der Waals surface area contributed by atoms with Gasteiger partial charge in [0.05, 0.1) is 6.04 Å². The summed E-state index contributed by atoms with van der Waals surface area (Å²) in [5.74, 6) is 0.654. The SMILES string of the molecule is Cc1cc2c(cc1NC(=O)c1ccccc1)C(N1CCCC1)C(O)C(C)(C)O2. The van der Waals surface area contributed by atoms with Crippen molar-refractivity contribution in [2.45, 2.75) is 51.4 Å². The Labute approximate surface area is 166 Å². The molecule has 28 heavy (non-hydrogen) atoms. The van der Waals surface area contributed by atoms with E-state index in [1.807, 2.05) is 51.1 Å². The fourth-order valence-electron chi connectivity index (χ4n) is 4.25. The predicted octanol–water partition coefficient (Wildman–Crippen LogP) is 3.92. The van der Waals surface area contributed by atoms with E-state index in [1.165, 1.54) is 0 Å². The molecule has 4 rings (SSSR count). The van der Waals surface area contributed by atoms with Gasteiger partial charge in [0.15, 0.2) is 0 Å². The van der Waals surface area contributed by atoms with E-state index >= 15 is 0 Å². The van der Waals surface area contributed by atoms with Crippen LogP contribution < -0.4 is 10.1 Å². The summed E-state index contributed by atoms with van der Waals surface area (Å²) >= 11 is 0. The maximum atomic E-state index is 12.6. The first-order chi connectivity index (χ1) is 13.4. The number of aliphatic hydroxyl groups is 1. The molecule has 2 N–H and O–H groups in total. The maximum absolute atomic E-state index is 12.6. The number of fused-ring (bicyclic) bond motifs is 1. The Morgan fingerprint density at radius 3 is 2.54 bits per heavy atom. The van der Waals surface area contributed by atoms with Gasteiger partial charge in [-0.05, 0) is 76.5 Å². The number of hydrogen-bond acceptors (Lipinski definition) is 4. The minimum Gasteiger partial charge on any atom is -0.485 e. The number of nitrogens with zero attached hydrogens (tertiary/aromatic N) is 1. The van der Waals surface area contributed by atoms with E-state index in [9.17, 15) is 9.90 Å². The molecule has 2 aromatic carbocycles. The van der Waals surface area contributed by atoms with Gasteiger partial charge < -0.3 is 15.2 Å². The van der Waals surface area contributed by atoms with Gasteiger partial charge in [0.1, 0.15) is 17.5 Å². The second-order valence-corrected chi connectivity index (χ2v) is 8.36. The highest BCUT2D eigenvalue weighted by molar-refractivity contribution is 6.04. The molecule has 148 valence electrons. The highest BCUT2D eigenvalue weighted by atomic mass is 16.5. The van der Waals surface area contributed by atoms with Crippen LogP contribution in [0.25, 0.3) is 0 Å². The van der Waals surface area contributed by atoms with Gasteiger partial charge in [-0.15, -0.1) is 0 Å². The first kappa shape index (κ1) is 19.0. The highest BCUT2D eigenvalue weighted by Crippen LogP contribution is 2.45. The smallest absolute Gasteiger partial charge is 0.255 e. The van der Waals surface area contributed by atoms with Gasteiger partial charge in [-0.3, -0.25) is 9.69 Å². The minimum atomic E-state index is -0.665. The molecule has 2 aliphatic rings. The third kappa shape index (κ3) is 3.40. The zero-order valence-corrected chi connectivity index (χ0v) is 16.7. The van der Waals surface area contributed by atoms with E-state index in [0.717, 1.165) is 48.5 Å². The number of carbonyl (C=O) groups excluding carboxylic acids is 1. The fourth-order valence-corrected chi connectivity index (χ4v) is 4.25. The molecule has 0 aliphatic carbocycles. The summed E-state index contributed by atoms with van der Waals surface area (Å²) in [4.78, 5) is 15.0. The molecule has 2 heterocycles. The van der Waals surface area contributed by atoms with Crippen molar-refractivity contribution in [3.8, 4) is 5.75 Å². The quantitative estimate of drug-likeness (QED) is 0.847. The molecule has 1 amide bonds. The topological polar surface area (TPSA) is 61.8 Å². The Hall–Kier alpha value is -2.37. The molecular weight excluding hydrogens is 352 g/mol. The number of rotatable bonds is 3. The van der Waals surface area contributed by atoms with Crippen LogP contribution in [-0.2, 0) is 0 Å². The molecule has 1 saturated heterocycles. The largest absolute Gasteiger partial charge is 0.485 e. The molecule has 2 aliphatic heterocycles. The summed E-state index contributed by atoms with van der Waals surface area (Å²) < 4.78 is 6.16. The molecule has 0 aromatic heterocycles. The molecule has 2 unspecified atom stereocenters. The molecule has 0 radical (unpaired) electrons. The second-order valence-electron chi connectivity index (χ2n) is 8.36. The molecule has 2 atom stereocenters. The van der Waals surface area contributed by atoms with Crippen molar-refractivity contribution >= 4 is 11.6 Å². The Morgan fingerprint density at radius 2 is 1.86 bits per heavy atom. The van der Waals surface area contributed by atoms with Crippen molar-refractivity contribution in [3.05, 3.63) is 59.2 Å². The number of ether oxygens (including phenoxy) is 1. The number of benzene rings is 2. The fraction of sp³-hybridized carbons (Fsp3) is 0.435. The van der Waals surface area contributed by atoms with Gasteiger partial charge in [0.2, 0.25) is 0 Å². The lowest BCUT2D eigenvalue weighted by molar-refractivity contribution is -0.0895. The van der Waals surface area contributed by atoms with Crippen LogP contribution >= 0.6 is 0 Å². The molecule has 0 bridgehead atoms. The van der Waals surface area contributed by atoms with Gasteiger partial charge in [0.25, 0.3) is 5.91 Å². The molecule has 5 heteroatoms. The summed E-state index contributed by atoms with van der Waals surface area (Å²) in [6.45, 7) is 7.77. The Bertz CT molecular complexity index is 873. The molecule has 1 fully saturated rings. The lowest BCUT2D eigenvalue weighted by Gasteiger charge is -2.45. The van der Waals surface area contributed by atoms with Crippen LogP contribution in [0.3, 0.4) is 0 Å². The Kier molecular flexibility index (Phi) is 4.89. The number of aryl methyl sites for hydroxylation is 1. The second kappa shape index (κ2) is 7.22. The standard InChI is InChI=1S/C23H28N2O3/c1-15-13-19-17(14-18(15)24-22(27)16-9-5-4-6-10-16)20(25-11-7-8-12-25)21(26)23(2,3)28-19/h4-6,9-10,13-14,20-21,26H,7-8,11-12H2,1-3H3,(H,24,27). The third-order valence-electron chi connectivity index (χ3n) is 5.88. The zero-order valence-electron chi connectivity index (χ0n) is 16.7. The van der Waals surface area contributed by atoms with E-state index < -0.39 is 11.7 Å². The number of anilines is 1. The van der Waals surface area contributed by atoms with Crippen molar-refractivity contribution in [1.82, 2.24) is 4.90 Å². The molecule has 5 nitrogen and oxygen atoms in total. The normalized spacial score (nSPS) is 23.7. The molecular formula is C23H28N2O3. The van der Waals surface area contributed by atoms with Crippen LogP contribution in [0.15, 0.2) is 42.5 Å². The number of hydrogen-bond donors (Lipinski definition) is 2. The van der Waals surface area contributed by atoms with Gasteiger partial charge >= 0.3 is 0 Å². The van der Waals surface area contributed by atoms with Crippen molar-refractivity contribution in [3.63, 3.8) is 0 Å². The summed E-state index contributed by atoms with van der Waals surface area (Å²) in [5, 5.41) is 14.1. The first-order valence-electron chi connectivity index (χ1n) is 9.99. The van der Waals surface area contributed by atoms with Crippen LogP contribution in [0.4, 0.5) is 5.69 Å². The van der Waals surface area contributed by atoms with Crippen LogP contribution in [0, 0.1) is 6.92 Å². The first-order valence-corrected chi connectivity index (χ1v) is 9.99. The van der Waals surface area contributed by atoms with Crippen LogP contribution in [-0.4, -0.2) is 40.7 Å². The van der Waals surface area contributed by atoms with Crippen molar-refractivity contribution in [2.24, 2.45) is 0 Å². The average Bonchev–Trinajstić information content (AvgIpc) is 3.19. The lowest BCUT2D eigenvalue weighted by Crippen LogP contribution is -2.53. The zero-order chi connectivity index (χ0) is 19.9. The third-order valence-corrected chi connectivity index (χ3v) is 5.88. The predicted molar refractivity (Wildman–Crippen MR) is 110 cm³/mol. The summed E-state index contributed by atoms with van der Waals surface area (Å²) in [6.07, 6.45) is 1.64. The Morgan fingerprint density at radius 1 is 1.18 bits per heavy atom. The monoisotopic (exact) mass is 380 g/mol. The van der Waals surface area contributed by atoms with Crippen LogP contribution in [0.2, 0.25) is 0 Å². The highest BCUT2D eigenvalue weighted by Gasteiger charge is 2.46. The lowest BCUT2D eigenvalue weighted by atomic mass is 9.85. The van der Waals surface area contributed by atoms with E-state index in [4.69, 9.17) is 4.74 Å². The van der Waals surface area contributed by atoms with Gasteiger partial charge in [-0.1, -0.05) is 18.2 Å². The van der Waals surface area contributed by atoms with Crippen LogP contribution in [0.1, 0.15) is 54.2 Å². The van der Waals surface area contributed by atoms with Crippen molar-refractivity contribution < 1.29 is 14.6 Å². The van der Waals surface area contributed by atoms with Crippen LogP contribution in [0.5, 0.6) is 5.75 Å². The van der Waals surface area contributed by atoms with Crippen molar-refractivity contribution in [1.29, 1.82) is 0 Å². The number of likely N-dealkylation sites (tertiary alicyclic amines) is 1. The van der Waals surface area contributed by atoms with Gasteiger partial charge in [-0.2, -0.15) is 0 Å². The number of amides is 1. The number of carbonyl (C=O) groups is 1. The van der Waals surface area contributed by atoms with E-state index in [0.29, 0.717) is 5.56 Å². The van der Waals surface area contributed by atoms with E-state index in [1.54, 1.807) is 12.1 Å². The molecule has 2 aromatic rings.